The van der Waals surface area contributed by atoms with Gasteiger partial charge < -0.3 is 5.32 Å². The quantitative estimate of drug-likeness (QED) is 0.800. The number of hydrogen-bond acceptors (Lipinski definition) is 3. The van der Waals surface area contributed by atoms with Crippen molar-refractivity contribution in [3.8, 4) is 0 Å². The zero-order valence-corrected chi connectivity index (χ0v) is 13.4. The van der Waals surface area contributed by atoms with Gasteiger partial charge in [-0.05, 0) is 29.8 Å². The molecular formula is C16H19ClN4O. The molecule has 0 atom stereocenters. The molecule has 1 aromatic carbocycles. The van der Waals surface area contributed by atoms with Gasteiger partial charge in [-0.25, -0.2) is 4.79 Å². The Hall–Kier alpha value is -2.11. The van der Waals surface area contributed by atoms with Crippen LogP contribution in [-0.4, -0.2) is 14.1 Å². The van der Waals surface area contributed by atoms with Gasteiger partial charge in [-0.15, -0.1) is 12.4 Å². The molecule has 0 fully saturated rings. The second kappa shape index (κ2) is 6.77. The van der Waals surface area contributed by atoms with Crippen molar-refractivity contribution < 1.29 is 0 Å². The lowest BCUT2D eigenvalue weighted by Gasteiger charge is -2.05. The highest BCUT2D eigenvalue weighted by Gasteiger charge is 2.07. The molecule has 5 nitrogen and oxygen atoms in total. The molecule has 0 bridgehead atoms. The Morgan fingerprint density at radius 2 is 1.82 bits per heavy atom. The average molecular weight is 319 g/mol. The number of halogens is 1. The standard InChI is InChI=1S/C16H18N4O.ClH/c1-19-14-7-6-12(9-15(14)20(2)16(19)21)10-17-11-13-5-3-4-8-18-13;/h3-9,17H,10-11H2,1-2H3;1H. The highest BCUT2D eigenvalue weighted by Crippen LogP contribution is 2.14. The number of hydrogen-bond donors (Lipinski definition) is 1. The molecule has 0 radical (unpaired) electrons. The minimum Gasteiger partial charge on any atom is -0.307 e. The van der Waals surface area contributed by atoms with E-state index >= 15 is 0 Å². The van der Waals surface area contributed by atoms with E-state index in [9.17, 15) is 4.79 Å². The van der Waals surface area contributed by atoms with Gasteiger partial charge in [0.05, 0.1) is 16.7 Å². The summed E-state index contributed by atoms with van der Waals surface area (Å²) in [5, 5.41) is 3.37. The summed E-state index contributed by atoms with van der Waals surface area (Å²) in [6.45, 7) is 1.47. The first-order valence-corrected chi connectivity index (χ1v) is 6.92. The van der Waals surface area contributed by atoms with Crippen molar-refractivity contribution >= 4 is 23.4 Å². The fourth-order valence-corrected chi connectivity index (χ4v) is 2.50. The van der Waals surface area contributed by atoms with Crippen molar-refractivity contribution in [3.05, 3.63) is 64.3 Å². The van der Waals surface area contributed by atoms with Crippen LogP contribution < -0.4 is 11.0 Å². The van der Waals surface area contributed by atoms with E-state index in [0.717, 1.165) is 35.4 Å². The topological polar surface area (TPSA) is 51.9 Å². The number of imidazole rings is 1. The first kappa shape index (κ1) is 16.3. The van der Waals surface area contributed by atoms with Crippen LogP contribution >= 0.6 is 12.4 Å². The molecule has 116 valence electrons. The van der Waals surface area contributed by atoms with Gasteiger partial charge in [0.1, 0.15) is 0 Å². The van der Waals surface area contributed by atoms with Crippen molar-refractivity contribution in [3.63, 3.8) is 0 Å². The number of nitrogens with zero attached hydrogens (tertiary/aromatic N) is 3. The molecule has 3 aromatic rings. The van der Waals surface area contributed by atoms with E-state index in [1.54, 1.807) is 29.4 Å². The minimum absolute atomic E-state index is 0. The van der Waals surface area contributed by atoms with Gasteiger partial charge >= 0.3 is 5.69 Å². The number of aromatic nitrogens is 3. The largest absolute Gasteiger partial charge is 0.328 e. The molecule has 0 aliphatic rings. The lowest BCUT2D eigenvalue weighted by atomic mass is 10.2. The third kappa shape index (κ3) is 3.05. The third-order valence-corrected chi connectivity index (χ3v) is 3.70. The Bertz CT molecular complexity index is 823. The summed E-state index contributed by atoms with van der Waals surface area (Å²) in [4.78, 5) is 16.2. The van der Waals surface area contributed by atoms with E-state index in [2.05, 4.69) is 16.4 Å². The smallest absolute Gasteiger partial charge is 0.307 e. The molecule has 0 saturated heterocycles. The van der Waals surface area contributed by atoms with Gasteiger partial charge in [0.2, 0.25) is 0 Å². The van der Waals surface area contributed by atoms with E-state index in [-0.39, 0.29) is 18.1 Å². The van der Waals surface area contributed by atoms with Crippen molar-refractivity contribution in [2.24, 2.45) is 14.1 Å². The summed E-state index contributed by atoms with van der Waals surface area (Å²) in [7, 11) is 3.60. The Kier molecular flexibility index (Phi) is 5.00. The molecule has 0 saturated carbocycles. The lowest BCUT2D eigenvalue weighted by Crippen LogP contribution is -2.19. The van der Waals surface area contributed by atoms with Crippen molar-refractivity contribution in [2.75, 3.05) is 0 Å². The normalized spacial score (nSPS) is 10.6. The molecule has 3 rings (SSSR count). The molecule has 0 aliphatic carbocycles. The van der Waals surface area contributed by atoms with Crippen LogP contribution in [0.4, 0.5) is 0 Å². The van der Waals surface area contributed by atoms with Crippen LogP contribution in [0.5, 0.6) is 0 Å². The molecule has 0 spiro atoms. The maximum absolute atomic E-state index is 11.9. The molecule has 22 heavy (non-hydrogen) atoms. The minimum atomic E-state index is 0. The fraction of sp³-hybridized carbons (Fsp3) is 0.250. The van der Waals surface area contributed by atoms with E-state index in [1.165, 1.54) is 0 Å². The summed E-state index contributed by atoms with van der Waals surface area (Å²) in [5.41, 5.74) is 4.09. The zero-order chi connectivity index (χ0) is 14.8. The number of fused-ring (bicyclic) bond motifs is 1. The Balaban J connectivity index is 0.00000176. The lowest BCUT2D eigenvalue weighted by molar-refractivity contribution is 0.680. The number of nitrogens with one attached hydrogen (secondary N) is 1. The Morgan fingerprint density at radius 3 is 2.55 bits per heavy atom. The highest BCUT2D eigenvalue weighted by molar-refractivity contribution is 5.85. The van der Waals surface area contributed by atoms with Crippen LogP contribution in [0.3, 0.4) is 0 Å². The Labute approximate surface area is 135 Å². The molecular weight excluding hydrogens is 300 g/mol. The van der Waals surface area contributed by atoms with Crippen LogP contribution in [-0.2, 0) is 27.2 Å². The molecule has 0 amide bonds. The summed E-state index contributed by atoms with van der Waals surface area (Å²) in [6, 6.07) is 12.0. The van der Waals surface area contributed by atoms with E-state index in [4.69, 9.17) is 0 Å². The zero-order valence-electron chi connectivity index (χ0n) is 12.6. The number of benzene rings is 1. The number of rotatable bonds is 4. The Morgan fingerprint density at radius 1 is 1.05 bits per heavy atom. The molecule has 6 heteroatoms. The second-order valence-corrected chi connectivity index (χ2v) is 5.15. The first-order chi connectivity index (χ1) is 10.2. The predicted octanol–water partition coefficient (Wildman–Crippen LogP) is 1.98. The number of pyridine rings is 1. The summed E-state index contributed by atoms with van der Waals surface area (Å²) in [6.07, 6.45) is 1.79. The van der Waals surface area contributed by atoms with Gasteiger partial charge in [-0.2, -0.15) is 0 Å². The maximum atomic E-state index is 11.9. The van der Waals surface area contributed by atoms with E-state index in [0.29, 0.717) is 0 Å². The van der Waals surface area contributed by atoms with Gasteiger partial charge in [0.15, 0.2) is 0 Å². The number of aryl methyl sites for hydroxylation is 2. The maximum Gasteiger partial charge on any atom is 0.328 e. The van der Waals surface area contributed by atoms with Gasteiger partial charge in [-0.3, -0.25) is 14.1 Å². The molecule has 0 aliphatic heterocycles. The van der Waals surface area contributed by atoms with Crippen molar-refractivity contribution in [1.29, 1.82) is 0 Å². The van der Waals surface area contributed by atoms with E-state index < -0.39 is 0 Å². The second-order valence-electron chi connectivity index (χ2n) is 5.15. The van der Waals surface area contributed by atoms with Gasteiger partial charge in [-0.1, -0.05) is 12.1 Å². The fourth-order valence-electron chi connectivity index (χ4n) is 2.50. The monoisotopic (exact) mass is 318 g/mol. The molecule has 2 heterocycles. The first-order valence-electron chi connectivity index (χ1n) is 6.92. The van der Waals surface area contributed by atoms with Crippen molar-refractivity contribution in [1.82, 2.24) is 19.4 Å². The van der Waals surface area contributed by atoms with Crippen molar-refractivity contribution in [2.45, 2.75) is 13.1 Å². The van der Waals surface area contributed by atoms with Gasteiger partial charge in [0.25, 0.3) is 0 Å². The van der Waals surface area contributed by atoms with Crippen LogP contribution in [0.25, 0.3) is 11.0 Å². The summed E-state index contributed by atoms with van der Waals surface area (Å²) < 4.78 is 3.35. The van der Waals surface area contributed by atoms with E-state index in [1.807, 2.05) is 30.3 Å². The summed E-state index contributed by atoms with van der Waals surface area (Å²) >= 11 is 0. The molecule has 2 aromatic heterocycles. The summed E-state index contributed by atoms with van der Waals surface area (Å²) in [5.74, 6) is 0. The molecule has 0 unspecified atom stereocenters. The van der Waals surface area contributed by atoms with Gasteiger partial charge in [0, 0.05) is 33.4 Å². The van der Waals surface area contributed by atoms with Crippen LogP contribution in [0.2, 0.25) is 0 Å². The SMILES string of the molecule is Cl.Cn1c(=O)n(C)c2cc(CNCc3ccccn3)ccc21. The molecule has 1 N–H and O–H groups in total. The van der Waals surface area contributed by atoms with Crippen LogP contribution in [0.15, 0.2) is 47.4 Å². The van der Waals surface area contributed by atoms with Crippen LogP contribution in [0, 0.1) is 0 Å². The van der Waals surface area contributed by atoms with Crippen LogP contribution in [0.1, 0.15) is 11.3 Å². The third-order valence-electron chi connectivity index (χ3n) is 3.70. The average Bonchev–Trinajstić information content (AvgIpc) is 2.73. The predicted molar refractivity (Wildman–Crippen MR) is 90.2 cm³/mol. The highest BCUT2D eigenvalue weighted by atomic mass is 35.5.